The molecule has 0 amide bonds. The van der Waals surface area contributed by atoms with Gasteiger partial charge in [0.05, 0.1) is 0 Å². The number of rotatable bonds is 4. The van der Waals surface area contributed by atoms with Crippen molar-refractivity contribution in [3.05, 3.63) is 64.3 Å². The van der Waals surface area contributed by atoms with Gasteiger partial charge in [-0.05, 0) is 36.2 Å². The number of benzene rings is 2. The van der Waals surface area contributed by atoms with Gasteiger partial charge in [-0.2, -0.15) is 0 Å². The molecule has 1 aromatic heterocycles. The summed E-state index contributed by atoms with van der Waals surface area (Å²) in [6, 6.07) is 12.7. The Kier molecular flexibility index (Phi) is 4.11. The summed E-state index contributed by atoms with van der Waals surface area (Å²) in [7, 11) is 0. The Bertz CT molecular complexity index is 951. The van der Waals surface area contributed by atoms with Crippen molar-refractivity contribution >= 4 is 28.5 Å². The Labute approximate surface area is 149 Å². The summed E-state index contributed by atoms with van der Waals surface area (Å²) in [6.45, 7) is 1.03. The van der Waals surface area contributed by atoms with Crippen LogP contribution in [-0.2, 0) is 17.8 Å². The van der Waals surface area contributed by atoms with Crippen LogP contribution in [0.15, 0.2) is 42.5 Å². The van der Waals surface area contributed by atoms with Gasteiger partial charge in [-0.3, -0.25) is 10.1 Å². The number of fused-ring (bicyclic) bond motifs is 3. The third kappa shape index (κ3) is 2.97. The molecule has 0 aliphatic carbocycles. The highest BCUT2D eigenvalue weighted by Gasteiger charge is 2.29. The number of hydrogen-bond donors (Lipinski definition) is 3. The summed E-state index contributed by atoms with van der Waals surface area (Å²) < 4.78 is 5.89. The Hall–Kier alpha value is -2.50. The smallest absolute Gasteiger partial charge is 0.326 e. The van der Waals surface area contributed by atoms with Crippen LogP contribution in [0.25, 0.3) is 10.9 Å². The fourth-order valence-electron chi connectivity index (χ4n) is 3.28. The van der Waals surface area contributed by atoms with Gasteiger partial charge < -0.3 is 14.8 Å². The van der Waals surface area contributed by atoms with Gasteiger partial charge in [-0.15, -0.1) is 0 Å². The fraction of sp³-hybridized carbons (Fsp3) is 0.211. The lowest BCUT2D eigenvalue weighted by atomic mass is 9.99. The van der Waals surface area contributed by atoms with Crippen molar-refractivity contribution in [3.8, 4) is 5.75 Å². The molecule has 3 aromatic rings. The van der Waals surface area contributed by atoms with Crippen LogP contribution >= 0.6 is 11.6 Å². The highest BCUT2D eigenvalue weighted by molar-refractivity contribution is 6.31. The van der Waals surface area contributed by atoms with Crippen molar-refractivity contribution in [2.24, 2.45) is 0 Å². The van der Waals surface area contributed by atoms with Crippen LogP contribution in [0.1, 0.15) is 22.9 Å². The topological polar surface area (TPSA) is 74.4 Å². The maximum Gasteiger partial charge on any atom is 0.326 e. The zero-order valence-corrected chi connectivity index (χ0v) is 14.1. The fourth-order valence-corrected chi connectivity index (χ4v) is 3.47. The first-order chi connectivity index (χ1) is 12.1. The maximum absolute atomic E-state index is 11.4. The lowest BCUT2D eigenvalue weighted by Gasteiger charge is -2.20. The summed E-state index contributed by atoms with van der Waals surface area (Å²) in [5, 5.41) is 14.1. The van der Waals surface area contributed by atoms with Crippen molar-refractivity contribution < 1.29 is 14.6 Å². The minimum Gasteiger partial charge on any atom is -0.489 e. The van der Waals surface area contributed by atoms with E-state index in [2.05, 4.69) is 10.3 Å². The Morgan fingerprint density at radius 2 is 2.12 bits per heavy atom. The van der Waals surface area contributed by atoms with Gasteiger partial charge in [0.1, 0.15) is 18.4 Å². The average molecular weight is 357 g/mol. The molecule has 1 aliphatic rings. The first kappa shape index (κ1) is 16.0. The van der Waals surface area contributed by atoms with Gasteiger partial charge >= 0.3 is 5.97 Å². The van der Waals surface area contributed by atoms with E-state index in [9.17, 15) is 9.90 Å². The van der Waals surface area contributed by atoms with Crippen molar-refractivity contribution in [2.75, 3.05) is 6.54 Å². The van der Waals surface area contributed by atoms with Crippen LogP contribution in [0.4, 0.5) is 0 Å². The van der Waals surface area contributed by atoms with Gasteiger partial charge in [0.25, 0.3) is 0 Å². The van der Waals surface area contributed by atoms with Crippen LogP contribution < -0.4 is 10.1 Å². The molecule has 1 atom stereocenters. The van der Waals surface area contributed by atoms with Crippen LogP contribution in [0, 0.1) is 0 Å². The number of nitrogens with one attached hydrogen (secondary N) is 2. The van der Waals surface area contributed by atoms with Gasteiger partial charge in [0.2, 0.25) is 0 Å². The Balaban J connectivity index is 1.64. The first-order valence-corrected chi connectivity index (χ1v) is 8.48. The summed E-state index contributed by atoms with van der Waals surface area (Å²) in [6.07, 6.45) is 0.785. The van der Waals surface area contributed by atoms with Gasteiger partial charge in [0, 0.05) is 33.7 Å². The molecule has 2 heterocycles. The zero-order chi connectivity index (χ0) is 17.4. The Morgan fingerprint density at radius 3 is 2.92 bits per heavy atom. The Morgan fingerprint density at radius 1 is 1.28 bits per heavy atom. The molecule has 0 saturated heterocycles. The molecule has 0 fully saturated rings. The SMILES string of the molecule is O=C(O)C1NCCc2c1[nH]c1ccc(OCc3ccccc3Cl)cc21. The molecule has 2 aromatic carbocycles. The average Bonchev–Trinajstić information content (AvgIpc) is 2.99. The lowest BCUT2D eigenvalue weighted by molar-refractivity contribution is -0.139. The second-order valence-electron chi connectivity index (χ2n) is 6.08. The van der Waals surface area contributed by atoms with E-state index in [0.29, 0.717) is 18.2 Å². The molecule has 25 heavy (non-hydrogen) atoms. The number of carboxylic acid groups (broad SMARTS) is 1. The second kappa shape index (κ2) is 6.43. The predicted octanol–water partition coefficient (Wildman–Crippen LogP) is 3.67. The molecule has 0 radical (unpaired) electrons. The molecular weight excluding hydrogens is 340 g/mol. The lowest BCUT2D eigenvalue weighted by Crippen LogP contribution is -2.34. The molecule has 1 aliphatic heterocycles. The molecule has 0 spiro atoms. The van der Waals surface area contributed by atoms with Crippen LogP contribution in [0.5, 0.6) is 5.75 Å². The molecule has 0 saturated carbocycles. The summed E-state index contributed by atoms with van der Waals surface area (Å²) in [4.78, 5) is 14.7. The molecule has 6 heteroatoms. The van der Waals surface area contributed by atoms with Crippen LogP contribution in [0.2, 0.25) is 5.02 Å². The van der Waals surface area contributed by atoms with E-state index in [0.717, 1.165) is 39.9 Å². The number of carboxylic acids is 1. The minimum atomic E-state index is -0.873. The maximum atomic E-state index is 11.4. The minimum absolute atomic E-state index is 0.386. The number of ether oxygens (including phenoxy) is 1. The van der Waals surface area contributed by atoms with Gasteiger partial charge in [-0.1, -0.05) is 29.8 Å². The van der Waals surface area contributed by atoms with E-state index in [-0.39, 0.29) is 0 Å². The van der Waals surface area contributed by atoms with Crippen molar-refractivity contribution in [2.45, 2.75) is 19.1 Å². The number of halogens is 1. The molecule has 128 valence electrons. The van der Waals surface area contributed by atoms with Crippen molar-refractivity contribution in [1.82, 2.24) is 10.3 Å². The van der Waals surface area contributed by atoms with Crippen molar-refractivity contribution in [3.63, 3.8) is 0 Å². The molecule has 0 bridgehead atoms. The zero-order valence-electron chi connectivity index (χ0n) is 13.4. The quantitative estimate of drug-likeness (QED) is 0.666. The molecule has 3 N–H and O–H groups in total. The predicted molar refractivity (Wildman–Crippen MR) is 96.2 cm³/mol. The van der Waals surface area contributed by atoms with Crippen LogP contribution in [-0.4, -0.2) is 22.6 Å². The number of H-pyrrole nitrogens is 1. The van der Waals surface area contributed by atoms with Gasteiger partial charge in [-0.25, -0.2) is 0 Å². The molecule has 4 rings (SSSR count). The highest BCUT2D eigenvalue weighted by atomic mass is 35.5. The summed E-state index contributed by atoms with van der Waals surface area (Å²) >= 11 is 6.16. The normalized spacial score (nSPS) is 16.6. The first-order valence-electron chi connectivity index (χ1n) is 8.10. The molecule has 5 nitrogen and oxygen atoms in total. The van der Waals surface area contributed by atoms with E-state index in [1.54, 1.807) is 0 Å². The van der Waals surface area contributed by atoms with E-state index in [4.69, 9.17) is 16.3 Å². The van der Waals surface area contributed by atoms with E-state index in [1.807, 2.05) is 42.5 Å². The highest BCUT2D eigenvalue weighted by Crippen LogP contribution is 2.32. The molecule has 1 unspecified atom stereocenters. The van der Waals surface area contributed by atoms with Crippen molar-refractivity contribution in [1.29, 1.82) is 0 Å². The number of hydrogen-bond acceptors (Lipinski definition) is 3. The second-order valence-corrected chi connectivity index (χ2v) is 6.49. The number of carbonyl (C=O) groups is 1. The third-order valence-electron chi connectivity index (χ3n) is 4.52. The van der Waals surface area contributed by atoms with Crippen LogP contribution in [0.3, 0.4) is 0 Å². The largest absolute Gasteiger partial charge is 0.489 e. The number of aromatic nitrogens is 1. The molecular formula is C19H17ClN2O3. The standard InChI is InChI=1S/C19H17ClN2O3/c20-15-4-2-1-3-11(15)10-25-12-5-6-16-14(9-12)13-7-8-21-18(19(23)24)17(13)22-16/h1-6,9,18,21-22H,7-8,10H2,(H,23,24). The van der Waals surface area contributed by atoms with Gasteiger partial charge in [0.15, 0.2) is 0 Å². The summed E-state index contributed by atoms with van der Waals surface area (Å²) in [5.74, 6) is -0.137. The third-order valence-corrected chi connectivity index (χ3v) is 4.89. The van der Waals surface area contributed by atoms with E-state index < -0.39 is 12.0 Å². The monoisotopic (exact) mass is 356 g/mol. The van der Waals surface area contributed by atoms with E-state index in [1.165, 1.54) is 0 Å². The summed E-state index contributed by atoms with van der Waals surface area (Å²) in [5.41, 5.74) is 3.63. The number of aromatic amines is 1. The van der Waals surface area contributed by atoms with E-state index >= 15 is 0 Å². The number of aliphatic carboxylic acids is 1.